The molecule has 0 saturated carbocycles. The predicted octanol–water partition coefficient (Wildman–Crippen LogP) is 1.36. The lowest BCUT2D eigenvalue weighted by atomic mass is 9.85. The molecule has 25 heavy (non-hydrogen) atoms. The van der Waals surface area contributed by atoms with E-state index in [0.29, 0.717) is 19.4 Å². The van der Waals surface area contributed by atoms with Crippen LogP contribution in [0.25, 0.3) is 0 Å². The van der Waals surface area contributed by atoms with Crippen LogP contribution in [0.5, 0.6) is 0 Å². The van der Waals surface area contributed by atoms with Crippen LogP contribution in [0.2, 0.25) is 0 Å². The van der Waals surface area contributed by atoms with Crippen molar-refractivity contribution in [2.24, 2.45) is 11.8 Å². The van der Waals surface area contributed by atoms with E-state index in [2.05, 4.69) is 23.1 Å². The van der Waals surface area contributed by atoms with Crippen LogP contribution in [0.1, 0.15) is 24.0 Å². The highest BCUT2D eigenvalue weighted by Crippen LogP contribution is 2.35. The van der Waals surface area contributed by atoms with Crippen LogP contribution in [0.4, 0.5) is 0 Å². The first-order chi connectivity index (χ1) is 12.1. The molecule has 2 heterocycles. The molecular formula is C20H24N2O3. The average molecular weight is 340 g/mol. The first-order valence-corrected chi connectivity index (χ1v) is 9.11. The van der Waals surface area contributed by atoms with Gasteiger partial charge in [-0.2, -0.15) is 0 Å². The number of hydrogen-bond donors (Lipinski definition) is 1. The van der Waals surface area contributed by atoms with Crippen molar-refractivity contribution in [2.75, 3.05) is 19.6 Å². The molecule has 3 aliphatic rings. The summed E-state index contributed by atoms with van der Waals surface area (Å²) < 4.78 is 0. The molecule has 1 aliphatic carbocycles. The van der Waals surface area contributed by atoms with Crippen molar-refractivity contribution < 1.29 is 14.7 Å². The molecule has 0 bridgehead atoms. The zero-order valence-corrected chi connectivity index (χ0v) is 14.3. The molecule has 1 aromatic rings. The van der Waals surface area contributed by atoms with Crippen LogP contribution in [0.15, 0.2) is 36.4 Å². The van der Waals surface area contributed by atoms with Gasteiger partial charge in [0.2, 0.25) is 11.8 Å². The summed E-state index contributed by atoms with van der Waals surface area (Å²) in [6.07, 6.45) is 5.52. The summed E-state index contributed by atoms with van der Waals surface area (Å²) in [6.45, 7) is 2.30. The molecule has 0 radical (unpaired) electrons. The minimum Gasteiger partial charge on any atom is -0.390 e. The van der Waals surface area contributed by atoms with Crippen molar-refractivity contribution >= 4 is 11.8 Å². The van der Waals surface area contributed by atoms with E-state index < -0.39 is 6.10 Å². The van der Waals surface area contributed by atoms with Gasteiger partial charge < -0.3 is 5.11 Å². The monoisotopic (exact) mass is 340 g/mol. The van der Waals surface area contributed by atoms with Crippen molar-refractivity contribution in [3.05, 3.63) is 47.5 Å². The average Bonchev–Trinajstić information content (AvgIpc) is 2.87. The second kappa shape index (κ2) is 6.73. The second-order valence-corrected chi connectivity index (χ2v) is 7.35. The summed E-state index contributed by atoms with van der Waals surface area (Å²) in [7, 11) is 0. The lowest BCUT2D eigenvalue weighted by molar-refractivity contribution is -0.141. The molecule has 4 rings (SSSR count). The van der Waals surface area contributed by atoms with E-state index in [9.17, 15) is 14.7 Å². The molecule has 5 nitrogen and oxygen atoms in total. The number of likely N-dealkylation sites (tertiary alicyclic amines) is 1. The number of nitrogens with zero attached hydrogens (tertiary/aromatic N) is 2. The van der Waals surface area contributed by atoms with E-state index in [1.165, 1.54) is 16.0 Å². The Morgan fingerprint density at radius 1 is 1.00 bits per heavy atom. The number of imide groups is 1. The maximum Gasteiger partial charge on any atom is 0.233 e. The number of fused-ring (bicyclic) bond motifs is 2. The highest BCUT2D eigenvalue weighted by molar-refractivity contribution is 6.05. The summed E-state index contributed by atoms with van der Waals surface area (Å²) >= 11 is 0. The summed E-state index contributed by atoms with van der Waals surface area (Å²) in [6, 6.07) is 8.37. The quantitative estimate of drug-likeness (QED) is 0.664. The van der Waals surface area contributed by atoms with Crippen molar-refractivity contribution in [2.45, 2.75) is 31.9 Å². The van der Waals surface area contributed by atoms with Crippen LogP contribution in [0, 0.1) is 11.8 Å². The van der Waals surface area contributed by atoms with Gasteiger partial charge >= 0.3 is 0 Å². The molecule has 1 saturated heterocycles. The fourth-order valence-corrected chi connectivity index (χ4v) is 4.33. The number of aliphatic hydroxyl groups is 1. The summed E-state index contributed by atoms with van der Waals surface area (Å²) in [5, 5.41) is 10.5. The summed E-state index contributed by atoms with van der Waals surface area (Å²) in [4.78, 5) is 28.5. The van der Waals surface area contributed by atoms with Gasteiger partial charge in [-0.1, -0.05) is 36.4 Å². The fourth-order valence-electron chi connectivity index (χ4n) is 4.33. The third-order valence-corrected chi connectivity index (χ3v) is 5.67. The van der Waals surface area contributed by atoms with Crippen LogP contribution in [0.3, 0.4) is 0 Å². The number of hydrogen-bond acceptors (Lipinski definition) is 4. The van der Waals surface area contributed by atoms with E-state index in [-0.39, 0.29) is 30.2 Å². The zero-order chi connectivity index (χ0) is 17.4. The van der Waals surface area contributed by atoms with Gasteiger partial charge in [-0.3, -0.25) is 19.4 Å². The van der Waals surface area contributed by atoms with E-state index in [4.69, 9.17) is 0 Å². The number of carbonyl (C=O) groups is 2. The van der Waals surface area contributed by atoms with Gasteiger partial charge in [-0.05, 0) is 30.4 Å². The van der Waals surface area contributed by atoms with Gasteiger partial charge in [0.1, 0.15) is 0 Å². The van der Waals surface area contributed by atoms with E-state index in [1.54, 1.807) is 0 Å². The van der Waals surface area contributed by atoms with Gasteiger partial charge in [0, 0.05) is 19.6 Å². The second-order valence-electron chi connectivity index (χ2n) is 7.35. The van der Waals surface area contributed by atoms with Crippen LogP contribution in [-0.2, 0) is 22.6 Å². The molecule has 5 heteroatoms. The van der Waals surface area contributed by atoms with Crippen molar-refractivity contribution in [3.63, 3.8) is 0 Å². The molecule has 3 unspecified atom stereocenters. The number of amides is 2. The first-order valence-electron chi connectivity index (χ1n) is 9.11. The lowest BCUT2D eigenvalue weighted by Gasteiger charge is -2.31. The normalized spacial score (nSPS) is 27.3. The third kappa shape index (κ3) is 3.14. The first kappa shape index (κ1) is 16.5. The molecular weight excluding hydrogens is 316 g/mol. The summed E-state index contributed by atoms with van der Waals surface area (Å²) in [5.41, 5.74) is 2.67. The van der Waals surface area contributed by atoms with Gasteiger partial charge in [0.05, 0.1) is 24.5 Å². The van der Waals surface area contributed by atoms with E-state index >= 15 is 0 Å². The maximum absolute atomic E-state index is 12.5. The van der Waals surface area contributed by atoms with E-state index in [1.807, 2.05) is 18.2 Å². The largest absolute Gasteiger partial charge is 0.390 e. The van der Waals surface area contributed by atoms with Crippen molar-refractivity contribution in [1.82, 2.24) is 9.80 Å². The number of rotatable bonds is 4. The van der Waals surface area contributed by atoms with Crippen LogP contribution >= 0.6 is 0 Å². The smallest absolute Gasteiger partial charge is 0.233 e. The molecule has 2 amide bonds. The highest BCUT2D eigenvalue weighted by Gasteiger charge is 2.47. The van der Waals surface area contributed by atoms with Gasteiger partial charge in [-0.25, -0.2) is 0 Å². The number of aliphatic hydroxyl groups excluding tert-OH is 1. The Balaban J connectivity index is 1.36. The molecule has 1 aromatic carbocycles. The Morgan fingerprint density at radius 3 is 2.32 bits per heavy atom. The summed E-state index contributed by atoms with van der Waals surface area (Å²) in [5.74, 6) is -0.650. The van der Waals surface area contributed by atoms with E-state index in [0.717, 1.165) is 19.5 Å². The van der Waals surface area contributed by atoms with Crippen molar-refractivity contribution in [3.8, 4) is 0 Å². The molecule has 132 valence electrons. The molecule has 3 atom stereocenters. The molecule has 2 aliphatic heterocycles. The Bertz CT molecular complexity index is 689. The third-order valence-electron chi connectivity index (χ3n) is 5.67. The Kier molecular flexibility index (Phi) is 4.44. The number of allylic oxidation sites excluding steroid dienone is 2. The van der Waals surface area contributed by atoms with Crippen molar-refractivity contribution in [1.29, 1.82) is 0 Å². The SMILES string of the molecule is O=C1C2CC=CCC2C(=O)N1CC(O)CN1CCc2ccccc2C1. The molecule has 0 spiro atoms. The predicted molar refractivity (Wildman–Crippen MR) is 93.5 cm³/mol. The minimum absolute atomic E-state index is 0.109. The van der Waals surface area contributed by atoms with Gasteiger partial charge in [0.25, 0.3) is 0 Å². The molecule has 1 N–H and O–H groups in total. The Hall–Kier alpha value is -1.98. The molecule has 1 fully saturated rings. The lowest BCUT2D eigenvalue weighted by Crippen LogP contribution is -2.44. The minimum atomic E-state index is -0.703. The maximum atomic E-state index is 12.5. The standard InChI is InChI=1S/C20H24N2O3/c23-16(12-21-10-9-14-5-1-2-6-15(14)11-21)13-22-19(24)17-7-3-4-8-18(17)20(22)25/h1-6,16-18,23H,7-13H2. The number of β-amino-alcohol motifs (C(OH)–C–C–N with tert-alkyl or cyclic N) is 1. The zero-order valence-electron chi connectivity index (χ0n) is 14.3. The van der Waals surface area contributed by atoms with Gasteiger partial charge in [-0.15, -0.1) is 0 Å². The number of benzene rings is 1. The Labute approximate surface area is 147 Å². The number of carbonyl (C=O) groups excluding carboxylic acids is 2. The molecule has 0 aromatic heterocycles. The highest BCUT2D eigenvalue weighted by atomic mass is 16.3. The topological polar surface area (TPSA) is 60.9 Å². The Morgan fingerprint density at radius 2 is 1.64 bits per heavy atom. The van der Waals surface area contributed by atoms with Crippen LogP contribution in [-0.4, -0.2) is 52.5 Å². The fraction of sp³-hybridized carbons (Fsp3) is 0.500. The van der Waals surface area contributed by atoms with Gasteiger partial charge in [0.15, 0.2) is 0 Å². The van der Waals surface area contributed by atoms with Crippen LogP contribution < -0.4 is 0 Å².